The van der Waals surface area contributed by atoms with E-state index in [4.69, 9.17) is 15.3 Å². The van der Waals surface area contributed by atoms with E-state index >= 15 is 0 Å². The van der Waals surface area contributed by atoms with E-state index in [0.29, 0.717) is 5.56 Å². The largest absolute Gasteiger partial charge is 0.504 e. The van der Waals surface area contributed by atoms with Gasteiger partial charge in [0.2, 0.25) is 0 Å². The zero-order valence-electron chi connectivity index (χ0n) is 8.62. The predicted octanol–water partition coefficient (Wildman–Crippen LogP) is 0.361. The molecule has 0 aliphatic rings. The Morgan fingerprint density at radius 3 is 2.29 bits per heavy atom. The number of carbonyl (C=O) groups is 2. The van der Waals surface area contributed by atoms with Crippen LogP contribution in [0.4, 0.5) is 4.79 Å². The van der Waals surface area contributed by atoms with E-state index < -0.39 is 18.1 Å². The summed E-state index contributed by atoms with van der Waals surface area (Å²) in [6.07, 6.45) is -1.57. The van der Waals surface area contributed by atoms with Crippen LogP contribution in [0.15, 0.2) is 18.2 Å². The van der Waals surface area contributed by atoms with Crippen molar-refractivity contribution in [1.82, 2.24) is 5.32 Å². The van der Waals surface area contributed by atoms with Gasteiger partial charge in [-0.25, -0.2) is 9.59 Å². The SMILES string of the molecule is O=C(O)NC(Cc1ccc(O)c(O)c1)C(=O)O. The standard InChI is InChI=1S/C10H11NO6/c12-7-2-1-5(4-8(7)13)3-6(9(14)15)11-10(16)17/h1-2,4,6,11-13H,3H2,(H,14,15)(H,16,17). The molecule has 0 saturated heterocycles. The maximum atomic E-state index is 10.8. The van der Waals surface area contributed by atoms with Gasteiger partial charge in [0.1, 0.15) is 6.04 Å². The zero-order chi connectivity index (χ0) is 13.0. The summed E-state index contributed by atoms with van der Waals surface area (Å²) in [5.41, 5.74) is 0.390. The lowest BCUT2D eigenvalue weighted by Gasteiger charge is -2.12. The van der Waals surface area contributed by atoms with Crippen molar-refractivity contribution in [3.63, 3.8) is 0 Å². The second-order valence-corrected chi connectivity index (χ2v) is 3.37. The third-order valence-corrected chi connectivity index (χ3v) is 2.08. The van der Waals surface area contributed by atoms with Crippen LogP contribution in [0.2, 0.25) is 0 Å². The topological polar surface area (TPSA) is 127 Å². The van der Waals surface area contributed by atoms with E-state index in [9.17, 15) is 14.7 Å². The Morgan fingerprint density at radius 2 is 1.82 bits per heavy atom. The molecular weight excluding hydrogens is 230 g/mol. The minimum atomic E-state index is -1.44. The van der Waals surface area contributed by atoms with Gasteiger partial charge in [-0.15, -0.1) is 0 Å². The average Bonchev–Trinajstić information content (AvgIpc) is 2.21. The summed E-state index contributed by atoms with van der Waals surface area (Å²) in [4.78, 5) is 21.1. The van der Waals surface area contributed by atoms with Crippen LogP contribution in [0.3, 0.4) is 0 Å². The molecule has 1 aromatic carbocycles. The van der Waals surface area contributed by atoms with Gasteiger partial charge in [0.05, 0.1) is 0 Å². The summed E-state index contributed by atoms with van der Waals surface area (Å²) in [6.45, 7) is 0. The molecule has 0 fully saturated rings. The molecule has 0 radical (unpaired) electrons. The number of aliphatic carboxylic acids is 1. The lowest BCUT2D eigenvalue weighted by atomic mass is 10.1. The van der Waals surface area contributed by atoms with E-state index in [1.165, 1.54) is 18.2 Å². The van der Waals surface area contributed by atoms with Gasteiger partial charge >= 0.3 is 12.1 Å². The summed E-state index contributed by atoms with van der Waals surface area (Å²) in [7, 11) is 0. The molecule has 0 aliphatic carbocycles. The molecule has 1 rings (SSSR count). The summed E-state index contributed by atoms with van der Waals surface area (Å²) < 4.78 is 0. The van der Waals surface area contributed by atoms with Crippen molar-refractivity contribution in [1.29, 1.82) is 0 Å². The van der Waals surface area contributed by atoms with Gasteiger partial charge in [-0.3, -0.25) is 0 Å². The summed E-state index contributed by atoms with van der Waals surface area (Å²) in [5.74, 6) is -2.03. The first-order chi connectivity index (χ1) is 7.90. The number of hydrogen-bond donors (Lipinski definition) is 5. The maximum Gasteiger partial charge on any atom is 0.405 e. The number of carboxylic acids is 1. The lowest BCUT2D eigenvalue weighted by Crippen LogP contribution is -2.41. The first kappa shape index (κ1) is 12.6. The molecule has 0 spiro atoms. The number of benzene rings is 1. The van der Waals surface area contributed by atoms with Crippen molar-refractivity contribution in [2.45, 2.75) is 12.5 Å². The second-order valence-electron chi connectivity index (χ2n) is 3.37. The number of amides is 1. The first-order valence-electron chi connectivity index (χ1n) is 4.63. The first-order valence-corrected chi connectivity index (χ1v) is 4.63. The molecule has 0 heterocycles. The Kier molecular flexibility index (Phi) is 3.76. The number of phenolic OH excluding ortho intramolecular Hbond substituents is 2. The molecule has 17 heavy (non-hydrogen) atoms. The van der Waals surface area contributed by atoms with Gasteiger partial charge in [0.25, 0.3) is 0 Å². The summed E-state index contributed by atoms with van der Waals surface area (Å²) in [6, 6.07) is 2.46. The number of hydrogen-bond acceptors (Lipinski definition) is 4. The van der Waals surface area contributed by atoms with Crippen LogP contribution in [0.5, 0.6) is 11.5 Å². The van der Waals surface area contributed by atoms with Gasteiger partial charge in [-0.2, -0.15) is 0 Å². The van der Waals surface area contributed by atoms with Gasteiger partial charge in [0, 0.05) is 6.42 Å². The molecule has 0 aromatic heterocycles. The molecule has 1 aromatic rings. The predicted molar refractivity (Wildman–Crippen MR) is 56.1 cm³/mol. The molecule has 7 heteroatoms. The molecule has 0 saturated carbocycles. The molecule has 1 amide bonds. The van der Waals surface area contributed by atoms with Crippen LogP contribution < -0.4 is 5.32 Å². The minimum absolute atomic E-state index is 0.129. The molecule has 5 N–H and O–H groups in total. The summed E-state index contributed by atoms with van der Waals surface area (Å²) in [5, 5.41) is 37.3. The Balaban J connectivity index is 2.82. The van der Waals surface area contributed by atoms with Crippen molar-refractivity contribution in [2.75, 3.05) is 0 Å². The van der Waals surface area contributed by atoms with E-state index in [0.717, 1.165) is 0 Å². The Morgan fingerprint density at radius 1 is 1.18 bits per heavy atom. The monoisotopic (exact) mass is 241 g/mol. The number of rotatable bonds is 4. The molecule has 1 unspecified atom stereocenters. The van der Waals surface area contributed by atoms with E-state index in [1.807, 2.05) is 5.32 Å². The Hall–Kier alpha value is -2.44. The van der Waals surface area contributed by atoms with Crippen LogP contribution in [-0.2, 0) is 11.2 Å². The quantitative estimate of drug-likeness (QED) is 0.484. The maximum absolute atomic E-state index is 10.8. The highest BCUT2D eigenvalue weighted by molar-refractivity contribution is 5.79. The highest BCUT2D eigenvalue weighted by atomic mass is 16.4. The minimum Gasteiger partial charge on any atom is -0.504 e. The zero-order valence-corrected chi connectivity index (χ0v) is 8.62. The third-order valence-electron chi connectivity index (χ3n) is 2.08. The van der Waals surface area contributed by atoms with Crippen LogP contribution in [0.1, 0.15) is 5.56 Å². The van der Waals surface area contributed by atoms with E-state index in [-0.39, 0.29) is 17.9 Å². The van der Waals surface area contributed by atoms with Crippen molar-refractivity contribution >= 4 is 12.1 Å². The molecule has 0 aliphatic heterocycles. The van der Waals surface area contributed by atoms with Gasteiger partial charge in [0.15, 0.2) is 11.5 Å². The molecule has 92 valence electrons. The third kappa shape index (κ3) is 3.56. The van der Waals surface area contributed by atoms with E-state index in [2.05, 4.69) is 0 Å². The molecule has 0 bridgehead atoms. The fourth-order valence-electron chi connectivity index (χ4n) is 1.28. The van der Waals surface area contributed by atoms with Crippen LogP contribution in [-0.4, -0.2) is 38.5 Å². The van der Waals surface area contributed by atoms with E-state index in [1.54, 1.807) is 0 Å². The average molecular weight is 241 g/mol. The highest BCUT2D eigenvalue weighted by Gasteiger charge is 2.20. The number of aromatic hydroxyl groups is 2. The number of phenols is 2. The number of nitrogens with one attached hydrogen (secondary N) is 1. The summed E-state index contributed by atoms with van der Waals surface area (Å²) >= 11 is 0. The number of carboxylic acid groups (broad SMARTS) is 2. The van der Waals surface area contributed by atoms with Gasteiger partial charge in [-0.05, 0) is 17.7 Å². The highest BCUT2D eigenvalue weighted by Crippen LogP contribution is 2.25. The van der Waals surface area contributed by atoms with Gasteiger partial charge in [-0.1, -0.05) is 6.07 Å². The molecular formula is C10H11NO6. The Bertz CT molecular complexity index is 444. The normalized spacial score (nSPS) is 11.8. The fraction of sp³-hybridized carbons (Fsp3) is 0.200. The van der Waals surface area contributed by atoms with Crippen LogP contribution in [0, 0.1) is 0 Å². The van der Waals surface area contributed by atoms with Crippen molar-refractivity contribution < 1.29 is 30.0 Å². The smallest absolute Gasteiger partial charge is 0.405 e. The molecule has 7 nitrogen and oxygen atoms in total. The Labute approximate surface area is 95.9 Å². The van der Waals surface area contributed by atoms with Crippen LogP contribution in [0.25, 0.3) is 0 Å². The molecule has 1 atom stereocenters. The van der Waals surface area contributed by atoms with Crippen molar-refractivity contribution in [2.24, 2.45) is 0 Å². The van der Waals surface area contributed by atoms with Gasteiger partial charge < -0.3 is 25.7 Å². The van der Waals surface area contributed by atoms with Crippen molar-refractivity contribution in [3.8, 4) is 11.5 Å². The fourth-order valence-corrected chi connectivity index (χ4v) is 1.28. The lowest BCUT2D eigenvalue weighted by molar-refractivity contribution is -0.139. The van der Waals surface area contributed by atoms with Crippen molar-refractivity contribution in [3.05, 3.63) is 23.8 Å². The second kappa shape index (κ2) is 5.06. The van der Waals surface area contributed by atoms with Crippen LogP contribution >= 0.6 is 0 Å².